The van der Waals surface area contributed by atoms with Gasteiger partial charge in [0.15, 0.2) is 21.3 Å². The molecule has 1 saturated carbocycles. The number of thiocarbonyl (C=S) groups is 1. The Morgan fingerprint density at radius 2 is 2.13 bits per heavy atom. The van der Waals surface area contributed by atoms with E-state index in [1.54, 1.807) is 19.1 Å². The second-order valence-electron chi connectivity index (χ2n) is 5.80. The van der Waals surface area contributed by atoms with E-state index in [0.717, 1.165) is 5.56 Å². The molecule has 3 rings (SSSR count). The first-order chi connectivity index (χ1) is 10.9. The molecule has 1 aromatic rings. The van der Waals surface area contributed by atoms with Crippen molar-refractivity contribution in [1.29, 1.82) is 0 Å². The Labute approximate surface area is 140 Å². The summed E-state index contributed by atoms with van der Waals surface area (Å²) < 4.78 is 41.0. The Balaban J connectivity index is 2.06. The molecule has 3 atom stereocenters. The van der Waals surface area contributed by atoms with Gasteiger partial charge in [0.1, 0.15) is 0 Å². The first-order valence-corrected chi connectivity index (χ1v) is 9.40. The van der Waals surface area contributed by atoms with Crippen molar-refractivity contribution in [3.8, 4) is 11.5 Å². The number of sulfone groups is 1. The van der Waals surface area contributed by atoms with Crippen LogP contribution in [0.15, 0.2) is 18.2 Å². The molecule has 2 N–H and O–H groups in total. The molecule has 0 aromatic heterocycles. The lowest BCUT2D eigenvalue weighted by molar-refractivity contribution is 0.166. The molecule has 1 heterocycles. The lowest BCUT2D eigenvalue weighted by Gasteiger charge is -2.15. The van der Waals surface area contributed by atoms with E-state index in [4.69, 9.17) is 32.2 Å². The summed E-state index contributed by atoms with van der Waals surface area (Å²) >= 11 is 5.21. The first kappa shape index (κ1) is 16.5. The summed E-state index contributed by atoms with van der Waals surface area (Å²) in [6, 6.07) is 5.43. The van der Waals surface area contributed by atoms with Crippen molar-refractivity contribution in [3.63, 3.8) is 0 Å². The molecule has 1 aromatic carbocycles. The minimum Gasteiger partial charge on any atom is -0.454 e. The fourth-order valence-electron chi connectivity index (χ4n) is 3.47. The number of hydrogen-bond donors (Lipinski definition) is 1. The van der Waals surface area contributed by atoms with E-state index in [9.17, 15) is 8.42 Å². The fraction of sp³-hybridized carbons (Fsp3) is 0.533. The Morgan fingerprint density at radius 1 is 1.43 bits per heavy atom. The third-order valence-electron chi connectivity index (χ3n) is 4.64. The number of rotatable bonds is 6. The molecule has 126 valence electrons. The van der Waals surface area contributed by atoms with Gasteiger partial charge in [-0.3, -0.25) is 0 Å². The van der Waals surface area contributed by atoms with Crippen molar-refractivity contribution < 1.29 is 22.6 Å². The Hall–Kier alpha value is -1.38. The highest BCUT2D eigenvalue weighted by molar-refractivity contribution is 7.92. The summed E-state index contributed by atoms with van der Waals surface area (Å²) in [4.78, 5) is 0.170. The SMILES string of the molecule is CCS(=O)(=O)[C@H]1[C@@H](c2ccc3c(c2)OCO3)[C@@]1(COC)C(N)=S. The van der Waals surface area contributed by atoms with Gasteiger partial charge in [-0.2, -0.15) is 0 Å². The normalized spacial score (nSPS) is 28.6. The quantitative estimate of drug-likeness (QED) is 0.766. The Kier molecular flexibility index (Phi) is 4.02. The van der Waals surface area contributed by atoms with E-state index >= 15 is 0 Å². The average Bonchev–Trinajstić information content (AvgIpc) is 2.99. The second-order valence-corrected chi connectivity index (χ2v) is 8.65. The van der Waals surface area contributed by atoms with Gasteiger partial charge >= 0.3 is 0 Å². The minimum atomic E-state index is -3.33. The monoisotopic (exact) mass is 357 g/mol. The van der Waals surface area contributed by atoms with Crippen LogP contribution in [0.2, 0.25) is 0 Å². The van der Waals surface area contributed by atoms with Gasteiger partial charge in [0.05, 0.1) is 22.3 Å². The molecule has 0 unspecified atom stereocenters. The summed E-state index contributed by atoms with van der Waals surface area (Å²) in [5.74, 6) is 0.958. The summed E-state index contributed by atoms with van der Waals surface area (Å²) in [7, 11) is -1.81. The summed E-state index contributed by atoms with van der Waals surface area (Å²) in [5, 5.41) is -0.669. The smallest absolute Gasteiger partial charge is 0.231 e. The highest BCUT2D eigenvalue weighted by Crippen LogP contribution is 2.64. The van der Waals surface area contributed by atoms with Crippen molar-refractivity contribution in [1.82, 2.24) is 0 Å². The molecule has 0 saturated heterocycles. The first-order valence-electron chi connectivity index (χ1n) is 7.28. The van der Waals surface area contributed by atoms with E-state index in [-0.39, 0.29) is 30.1 Å². The zero-order chi connectivity index (χ0) is 16.8. The van der Waals surface area contributed by atoms with Gasteiger partial charge in [0.2, 0.25) is 6.79 Å². The van der Waals surface area contributed by atoms with Crippen molar-refractivity contribution in [2.45, 2.75) is 18.1 Å². The number of hydrogen-bond acceptors (Lipinski definition) is 6. The van der Waals surface area contributed by atoms with Crippen molar-refractivity contribution in [3.05, 3.63) is 23.8 Å². The number of methoxy groups -OCH3 is 1. The molecule has 1 aliphatic heterocycles. The highest BCUT2D eigenvalue weighted by atomic mass is 32.2. The van der Waals surface area contributed by atoms with Crippen LogP contribution in [-0.4, -0.2) is 44.9 Å². The van der Waals surface area contributed by atoms with Gasteiger partial charge in [0, 0.05) is 18.8 Å². The van der Waals surface area contributed by atoms with E-state index in [0.29, 0.717) is 11.5 Å². The van der Waals surface area contributed by atoms with Crippen LogP contribution in [-0.2, 0) is 14.6 Å². The average molecular weight is 357 g/mol. The molecule has 1 fully saturated rings. The molecular formula is C15H19NO5S2. The molecule has 8 heteroatoms. The molecule has 0 bridgehead atoms. The van der Waals surface area contributed by atoms with Crippen molar-refractivity contribution in [2.24, 2.45) is 11.1 Å². The van der Waals surface area contributed by atoms with Crippen molar-refractivity contribution in [2.75, 3.05) is 26.3 Å². The Bertz CT molecular complexity index is 748. The summed E-state index contributed by atoms with van der Waals surface area (Å²) in [6.07, 6.45) is 0. The van der Waals surface area contributed by atoms with Crippen LogP contribution in [0.3, 0.4) is 0 Å². The van der Waals surface area contributed by atoms with Gasteiger partial charge in [-0.15, -0.1) is 0 Å². The van der Waals surface area contributed by atoms with Crippen LogP contribution in [0.25, 0.3) is 0 Å². The molecule has 1 aliphatic carbocycles. The van der Waals surface area contributed by atoms with Crippen LogP contribution >= 0.6 is 12.2 Å². The predicted octanol–water partition coefficient (Wildman–Crippen LogP) is 1.23. The lowest BCUT2D eigenvalue weighted by atomic mass is 9.99. The van der Waals surface area contributed by atoms with Gasteiger partial charge in [-0.05, 0) is 17.7 Å². The molecular weight excluding hydrogens is 338 g/mol. The third kappa shape index (κ3) is 2.40. The molecule has 0 radical (unpaired) electrons. The maximum atomic E-state index is 12.5. The van der Waals surface area contributed by atoms with Crippen LogP contribution in [0.4, 0.5) is 0 Å². The number of benzene rings is 1. The lowest BCUT2D eigenvalue weighted by Crippen LogP contribution is -2.33. The summed E-state index contributed by atoms with van der Waals surface area (Å²) in [6.45, 7) is 1.96. The van der Waals surface area contributed by atoms with E-state index in [1.165, 1.54) is 7.11 Å². The molecule has 0 amide bonds. The Morgan fingerprint density at radius 3 is 2.74 bits per heavy atom. The zero-order valence-corrected chi connectivity index (χ0v) is 14.6. The molecule has 6 nitrogen and oxygen atoms in total. The number of nitrogens with two attached hydrogens (primary N) is 1. The van der Waals surface area contributed by atoms with Crippen LogP contribution in [0, 0.1) is 5.41 Å². The maximum absolute atomic E-state index is 12.5. The summed E-state index contributed by atoms with van der Waals surface area (Å²) in [5.41, 5.74) is 5.88. The second kappa shape index (κ2) is 5.61. The largest absolute Gasteiger partial charge is 0.454 e. The standard InChI is InChI=1S/C15H19NO5S2/c1-3-23(17,18)13-12(15(13,7-19-2)14(16)22)9-4-5-10-11(6-9)21-8-20-10/h4-6,12-13H,3,7-8H2,1-2H3,(H2,16,22)/t12-,13+,15-/m1/s1. The number of fused-ring (bicyclic) bond motifs is 1. The predicted molar refractivity (Wildman–Crippen MR) is 89.6 cm³/mol. The maximum Gasteiger partial charge on any atom is 0.231 e. The number of ether oxygens (including phenoxy) is 3. The molecule has 2 aliphatic rings. The van der Waals surface area contributed by atoms with Crippen molar-refractivity contribution >= 4 is 27.0 Å². The van der Waals surface area contributed by atoms with Crippen LogP contribution in [0.1, 0.15) is 18.4 Å². The molecule has 23 heavy (non-hydrogen) atoms. The van der Waals surface area contributed by atoms with Crippen LogP contribution < -0.4 is 15.2 Å². The van der Waals surface area contributed by atoms with Gasteiger partial charge < -0.3 is 19.9 Å². The van der Waals surface area contributed by atoms with E-state index in [2.05, 4.69) is 0 Å². The fourth-order valence-corrected chi connectivity index (χ4v) is 5.93. The van der Waals surface area contributed by atoms with Gasteiger partial charge in [-0.25, -0.2) is 8.42 Å². The van der Waals surface area contributed by atoms with Gasteiger partial charge in [0.25, 0.3) is 0 Å². The van der Waals surface area contributed by atoms with E-state index < -0.39 is 20.5 Å². The van der Waals surface area contributed by atoms with Crippen LogP contribution in [0.5, 0.6) is 11.5 Å². The van der Waals surface area contributed by atoms with Gasteiger partial charge in [-0.1, -0.05) is 25.2 Å². The third-order valence-corrected chi connectivity index (χ3v) is 7.29. The van der Waals surface area contributed by atoms with E-state index in [1.807, 2.05) is 6.07 Å². The molecule has 0 spiro atoms. The minimum absolute atomic E-state index is 0.0345. The highest BCUT2D eigenvalue weighted by Gasteiger charge is 2.72. The zero-order valence-electron chi connectivity index (χ0n) is 12.9. The topological polar surface area (TPSA) is 87.9 Å².